The molecule has 64 valence electrons. The SMILES string of the molecule is C=C/C=C\c1c(C)[nH]c(C)c1C. The van der Waals surface area contributed by atoms with E-state index in [4.69, 9.17) is 0 Å². The minimum atomic E-state index is 1.23. The van der Waals surface area contributed by atoms with Gasteiger partial charge in [0.1, 0.15) is 0 Å². The van der Waals surface area contributed by atoms with Gasteiger partial charge in [-0.1, -0.05) is 24.8 Å². The summed E-state index contributed by atoms with van der Waals surface area (Å²) in [6.45, 7) is 9.95. The molecule has 1 rings (SSSR count). The maximum atomic E-state index is 3.64. The van der Waals surface area contributed by atoms with Crippen molar-refractivity contribution in [3.8, 4) is 0 Å². The molecule has 0 saturated carbocycles. The molecule has 1 heteroatoms. The van der Waals surface area contributed by atoms with Crippen LogP contribution in [0, 0.1) is 20.8 Å². The number of H-pyrrole nitrogens is 1. The van der Waals surface area contributed by atoms with E-state index in [9.17, 15) is 0 Å². The molecular formula is C11H15N. The lowest BCUT2D eigenvalue weighted by molar-refractivity contribution is 1.17. The molecule has 0 aliphatic rings. The monoisotopic (exact) mass is 161 g/mol. The molecular weight excluding hydrogens is 146 g/mol. The number of nitrogens with one attached hydrogen (secondary N) is 1. The first-order valence-electron chi connectivity index (χ1n) is 4.11. The number of allylic oxidation sites excluding steroid dienone is 2. The summed E-state index contributed by atoms with van der Waals surface area (Å²) in [5.74, 6) is 0. The van der Waals surface area contributed by atoms with Crippen LogP contribution in [0.1, 0.15) is 22.5 Å². The van der Waals surface area contributed by atoms with Crippen LogP contribution >= 0.6 is 0 Å². The number of aromatic amines is 1. The van der Waals surface area contributed by atoms with Gasteiger partial charge in [-0.25, -0.2) is 0 Å². The zero-order valence-corrected chi connectivity index (χ0v) is 7.94. The Morgan fingerprint density at radius 3 is 2.25 bits per heavy atom. The van der Waals surface area contributed by atoms with E-state index in [1.165, 1.54) is 22.5 Å². The number of rotatable bonds is 2. The minimum absolute atomic E-state index is 1.23. The highest BCUT2D eigenvalue weighted by molar-refractivity contribution is 5.59. The van der Waals surface area contributed by atoms with Gasteiger partial charge in [-0.05, 0) is 31.9 Å². The summed E-state index contributed by atoms with van der Waals surface area (Å²) in [5, 5.41) is 0. The second-order valence-corrected chi connectivity index (χ2v) is 3.01. The first kappa shape index (κ1) is 8.85. The molecule has 0 fully saturated rings. The van der Waals surface area contributed by atoms with Crippen molar-refractivity contribution in [1.82, 2.24) is 4.98 Å². The van der Waals surface area contributed by atoms with Crippen molar-refractivity contribution in [2.45, 2.75) is 20.8 Å². The quantitative estimate of drug-likeness (QED) is 0.641. The topological polar surface area (TPSA) is 15.8 Å². The smallest absolute Gasteiger partial charge is 0.0193 e. The molecule has 12 heavy (non-hydrogen) atoms. The van der Waals surface area contributed by atoms with Crippen LogP contribution in [0.3, 0.4) is 0 Å². The maximum absolute atomic E-state index is 3.64. The molecule has 0 aromatic carbocycles. The lowest BCUT2D eigenvalue weighted by Gasteiger charge is -1.92. The summed E-state index contributed by atoms with van der Waals surface area (Å²) < 4.78 is 0. The van der Waals surface area contributed by atoms with E-state index < -0.39 is 0 Å². The molecule has 0 atom stereocenters. The van der Waals surface area contributed by atoms with Crippen LogP contribution in [0.2, 0.25) is 0 Å². The second kappa shape index (κ2) is 3.44. The molecule has 0 radical (unpaired) electrons. The van der Waals surface area contributed by atoms with E-state index in [1.54, 1.807) is 6.08 Å². The van der Waals surface area contributed by atoms with Crippen molar-refractivity contribution in [2.24, 2.45) is 0 Å². The third kappa shape index (κ3) is 1.50. The van der Waals surface area contributed by atoms with Gasteiger partial charge in [-0.15, -0.1) is 0 Å². The standard InChI is InChI=1S/C11H15N/c1-5-6-7-11-8(2)9(3)12-10(11)4/h5-7,12H,1H2,2-4H3/b7-6-. The Kier molecular flexibility index (Phi) is 2.54. The molecule has 0 amide bonds. The van der Waals surface area contributed by atoms with Gasteiger partial charge in [-0.2, -0.15) is 0 Å². The first-order chi connectivity index (χ1) is 5.66. The molecule has 1 aromatic rings. The third-order valence-corrected chi connectivity index (χ3v) is 2.14. The normalized spacial score (nSPS) is 10.9. The number of aromatic nitrogens is 1. The van der Waals surface area contributed by atoms with Gasteiger partial charge in [-0.3, -0.25) is 0 Å². The zero-order chi connectivity index (χ0) is 9.14. The number of hydrogen-bond acceptors (Lipinski definition) is 0. The van der Waals surface area contributed by atoms with Crippen molar-refractivity contribution in [3.63, 3.8) is 0 Å². The Bertz CT molecular complexity index is 316. The van der Waals surface area contributed by atoms with E-state index >= 15 is 0 Å². The average molecular weight is 161 g/mol. The number of aryl methyl sites for hydroxylation is 2. The molecule has 0 aliphatic heterocycles. The van der Waals surface area contributed by atoms with Crippen LogP contribution in [0.25, 0.3) is 6.08 Å². The Balaban J connectivity index is 3.13. The van der Waals surface area contributed by atoms with Gasteiger partial charge in [0.2, 0.25) is 0 Å². The summed E-state index contributed by atoms with van der Waals surface area (Å²) in [6.07, 6.45) is 5.84. The van der Waals surface area contributed by atoms with Crippen molar-refractivity contribution in [2.75, 3.05) is 0 Å². The summed E-state index contributed by atoms with van der Waals surface area (Å²) in [6, 6.07) is 0. The Hall–Kier alpha value is -1.24. The van der Waals surface area contributed by atoms with E-state index in [-0.39, 0.29) is 0 Å². The number of hydrogen-bond donors (Lipinski definition) is 1. The Morgan fingerprint density at radius 1 is 1.17 bits per heavy atom. The Labute approximate surface area is 73.8 Å². The van der Waals surface area contributed by atoms with E-state index in [0.29, 0.717) is 0 Å². The maximum Gasteiger partial charge on any atom is 0.0193 e. The molecule has 1 aromatic heterocycles. The summed E-state index contributed by atoms with van der Waals surface area (Å²) >= 11 is 0. The highest BCUT2D eigenvalue weighted by Gasteiger charge is 2.03. The molecule has 0 bridgehead atoms. The highest BCUT2D eigenvalue weighted by Crippen LogP contribution is 2.18. The van der Waals surface area contributed by atoms with Gasteiger partial charge >= 0.3 is 0 Å². The van der Waals surface area contributed by atoms with Crippen LogP contribution in [0.5, 0.6) is 0 Å². The summed E-state index contributed by atoms with van der Waals surface area (Å²) in [7, 11) is 0. The molecule has 1 N–H and O–H groups in total. The molecule has 1 nitrogen and oxygen atoms in total. The fourth-order valence-electron chi connectivity index (χ4n) is 1.34. The summed E-state index contributed by atoms with van der Waals surface area (Å²) in [4.78, 5) is 3.30. The van der Waals surface area contributed by atoms with Crippen molar-refractivity contribution >= 4 is 6.08 Å². The lowest BCUT2D eigenvalue weighted by Crippen LogP contribution is -1.75. The molecule has 0 unspecified atom stereocenters. The average Bonchev–Trinajstić information content (AvgIpc) is 2.25. The van der Waals surface area contributed by atoms with Gasteiger partial charge in [0.05, 0.1) is 0 Å². The molecule has 0 saturated heterocycles. The predicted octanol–water partition coefficient (Wildman–Crippen LogP) is 3.14. The van der Waals surface area contributed by atoms with Crippen molar-refractivity contribution < 1.29 is 0 Å². The van der Waals surface area contributed by atoms with Crippen LogP contribution in [-0.4, -0.2) is 4.98 Å². The fraction of sp³-hybridized carbons (Fsp3) is 0.273. The van der Waals surface area contributed by atoms with Gasteiger partial charge < -0.3 is 4.98 Å². The molecule has 0 spiro atoms. The molecule has 1 heterocycles. The Morgan fingerprint density at radius 2 is 1.83 bits per heavy atom. The largest absolute Gasteiger partial charge is 0.362 e. The van der Waals surface area contributed by atoms with E-state index in [2.05, 4.69) is 38.4 Å². The second-order valence-electron chi connectivity index (χ2n) is 3.01. The first-order valence-corrected chi connectivity index (χ1v) is 4.11. The van der Waals surface area contributed by atoms with Gasteiger partial charge in [0, 0.05) is 11.4 Å². The van der Waals surface area contributed by atoms with E-state index in [0.717, 1.165) is 0 Å². The van der Waals surface area contributed by atoms with Gasteiger partial charge in [0.25, 0.3) is 0 Å². The van der Waals surface area contributed by atoms with E-state index in [1.807, 2.05) is 6.08 Å². The third-order valence-electron chi connectivity index (χ3n) is 2.14. The fourth-order valence-corrected chi connectivity index (χ4v) is 1.34. The predicted molar refractivity (Wildman–Crippen MR) is 54.2 cm³/mol. The van der Waals surface area contributed by atoms with Crippen molar-refractivity contribution in [3.05, 3.63) is 41.2 Å². The van der Waals surface area contributed by atoms with Gasteiger partial charge in [0.15, 0.2) is 0 Å². The molecule has 0 aliphatic carbocycles. The van der Waals surface area contributed by atoms with Crippen LogP contribution < -0.4 is 0 Å². The summed E-state index contributed by atoms with van der Waals surface area (Å²) in [5.41, 5.74) is 5.08. The lowest BCUT2D eigenvalue weighted by atomic mass is 10.1. The van der Waals surface area contributed by atoms with Crippen LogP contribution in [0.4, 0.5) is 0 Å². The van der Waals surface area contributed by atoms with Crippen molar-refractivity contribution in [1.29, 1.82) is 0 Å². The highest BCUT2D eigenvalue weighted by atomic mass is 14.7. The minimum Gasteiger partial charge on any atom is -0.362 e. The zero-order valence-electron chi connectivity index (χ0n) is 7.94. The van der Waals surface area contributed by atoms with Crippen LogP contribution in [-0.2, 0) is 0 Å². The van der Waals surface area contributed by atoms with Crippen LogP contribution in [0.15, 0.2) is 18.7 Å².